The molecule has 15 saturated carbocycles. The van der Waals surface area contributed by atoms with Crippen LogP contribution < -0.4 is 0 Å². The van der Waals surface area contributed by atoms with Gasteiger partial charge in [-0.25, -0.2) is 0 Å². The average molecular weight is 715 g/mol. The molecule has 54 heavy (non-hydrogen) atoms. The van der Waals surface area contributed by atoms with E-state index in [0.717, 1.165) is 172 Å². The molecule has 0 aromatic heterocycles. The van der Waals surface area contributed by atoms with Crippen LogP contribution in [-0.4, -0.2) is 13.1 Å². The Kier molecular flexibility index (Phi) is 4.35. The van der Waals surface area contributed by atoms with Gasteiger partial charge in [-0.3, -0.25) is 4.79 Å². The van der Waals surface area contributed by atoms with Gasteiger partial charge in [-0.1, -0.05) is 54.6 Å². The van der Waals surface area contributed by atoms with Crippen LogP contribution in [0.3, 0.4) is 0 Å². The molecule has 1 aromatic carbocycles. The molecule has 0 amide bonds. The second kappa shape index (κ2) is 8.22. The van der Waals surface area contributed by atoms with E-state index in [0.29, 0.717) is 17.3 Å². The highest BCUT2D eigenvalue weighted by atomic mass is 16.5. The monoisotopic (exact) mass is 714 g/mol. The summed E-state index contributed by atoms with van der Waals surface area (Å²) in [4.78, 5) is 12.9. The largest absolute Gasteiger partial charge is 0.469 e. The number of carbonyl (C=O) groups excluding carboxylic acids is 1. The molecule has 0 bridgehead atoms. The van der Waals surface area contributed by atoms with Gasteiger partial charge in [0.2, 0.25) is 0 Å². The van der Waals surface area contributed by atoms with E-state index in [1.165, 1.54) is 19.3 Å². The van der Waals surface area contributed by atoms with Crippen LogP contribution in [0.25, 0.3) is 0 Å². The molecule has 1 spiro atoms. The van der Waals surface area contributed by atoms with Gasteiger partial charge in [0.1, 0.15) is 0 Å². The van der Waals surface area contributed by atoms with Crippen LogP contribution in [0.2, 0.25) is 0 Å². The van der Waals surface area contributed by atoms with Gasteiger partial charge < -0.3 is 4.74 Å². The van der Waals surface area contributed by atoms with Crippen molar-refractivity contribution >= 4 is 5.97 Å². The number of hydrogen-bond donors (Lipinski definition) is 0. The van der Waals surface area contributed by atoms with Gasteiger partial charge in [0.05, 0.1) is 7.11 Å². The first kappa shape index (κ1) is 28.6. The Bertz CT molecular complexity index is 2080. The number of esters is 1. The molecule has 2 nitrogen and oxygen atoms in total. The Morgan fingerprint density at radius 2 is 1.11 bits per heavy atom. The molecule has 1 aromatic rings. The third-order valence-corrected chi connectivity index (χ3v) is 26.1. The Balaban J connectivity index is 0.967. The van der Waals surface area contributed by atoms with Crippen molar-refractivity contribution in [3.8, 4) is 0 Å². The second-order valence-electron chi connectivity index (χ2n) is 24.4. The van der Waals surface area contributed by atoms with Crippen LogP contribution in [0.4, 0.5) is 0 Å². The van der Waals surface area contributed by atoms with Gasteiger partial charge in [-0.2, -0.15) is 0 Å². The summed E-state index contributed by atoms with van der Waals surface area (Å²) >= 11 is 0. The van der Waals surface area contributed by atoms with Crippen LogP contribution in [-0.2, 0) is 14.9 Å². The summed E-state index contributed by atoms with van der Waals surface area (Å²) in [6.07, 6.45) is 24.4. The van der Waals surface area contributed by atoms with E-state index in [9.17, 15) is 4.79 Å². The van der Waals surface area contributed by atoms with Crippen molar-refractivity contribution in [3.63, 3.8) is 0 Å². The van der Waals surface area contributed by atoms with E-state index < -0.39 is 0 Å². The first-order valence-electron chi connectivity index (χ1n) is 24.2. The third kappa shape index (κ3) is 2.21. The van der Waals surface area contributed by atoms with Crippen LogP contribution >= 0.6 is 0 Å². The van der Waals surface area contributed by atoms with Crippen LogP contribution in [0.5, 0.6) is 0 Å². The molecule has 278 valence electrons. The maximum Gasteiger partial charge on any atom is 0.305 e. The molecule has 0 radical (unpaired) electrons. The molecule has 15 fully saturated rings. The minimum atomic E-state index is 0.0189. The molecule has 0 heterocycles. The van der Waals surface area contributed by atoms with Gasteiger partial charge in [0.25, 0.3) is 0 Å². The lowest BCUT2D eigenvalue weighted by Gasteiger charge is -2.64. The standard InChI is InChI=1S/C52H58O2/c1-54-30(53)8-5-18-50(20-6-3-2-4-7-20)51-19-17-28-27-14-13-24-23-10-9-21-22-11-12-25-26-15-16-29(51)38-37(26)41-34(25)33(22)39-31(21)32(23)40-35(24)36(27)46-45-43(40)42(39)44(41)47(45)49(38)52(50,51)48(28)46/h2-4,6-7,11-12,17,19,21-29,31-49H,5,8-10,13-16,18H2,1H3. The SMILES string of the molecule is COC(=O)CCCC1(c2ccccc2)C23C=CC4C5CCC6C7CCC8C9C=CC%10C%11CCC2C2C%11C%11C%10C9C9C8C7C7C6C5C5C6C7C9C%11C6C2C13C45. The van der Waals surface area contributed by atoms with Gasteiger partial charge in [0.15, 0.2) is 0 Å². The topological polar surface area (TPSA) is 26.3 Å². The minimum absolute atomic E-state index is 0.0189. The van der Waals surface area contributed by atoms with Gasteiger partial charge >= 0.3 is 5.97 Å². The number of allylic oxidation sites excluding steroid dienone is 4. The number of benzene rings is 1. The van der Waals surface area contributed by atoms with Crippen LogP contribution in [0.15, 0.2) is 54.6 Å². The van der Waals surface area contributed by atoms with Crippen LogP contribution in [0, 0.1) is 177 Å². The van der Waals surface area contributed by atoms with Gasteiger partial charge in [-0.05, 0) is 228 Å². The Morgan fingerprint density at radius 1 is 0.574 bits per heavy atom. The zero-order chi connectivity index (χ0) is 34.3. The lowest BCUT2D eigenvalue weighted by molar-refractivity contribution is -0.168. The fourth-order valence-electron chi connectivity index (χ4n) is 27.8. The minimum Gasteiger partial charge on any atom is -0.469 e. The number of rotatable bonds is 5. The zero-order valence-corrected chi connectivity index (χ0v) is 32.0. The third-order valence-electron chi connectivity index (χ3n) is 26.1. The van der Waals surface area contributed by atoms with Crippen LogP contribution in [0.1, 0.15) is 63.4 Å². The number of carbonyl (C=O) groups is 1. The van der Waals surface area contributed by atoms with Crippen molar-refractivity contribution in [2.45, 2.75) is 63.2 Å². The number of fused-ring (bicyclic) bond motifs is 4. The van der Waals surface area contributed by atoms with E-state index in [4.69, 9.17) is 4.74 Å². The lowest BCUT2D eigenvalue weighted by atomic mass is 9.40. The Hall–Kier alpha value is -1.83. The summed E-state index contributed by atoms with van der Waals surface area (Å²) in [7, 11) is 1.62. The Labute approximate surface area is 321 Å². The van der Waals surface area contributed by atoms with E-state index >= 15 is 0 Å². The fourth-order valence-corrected chi connectivity index (χ4v) is 27.8. The van der Waals surface area contributed by atoms with Crippen molar-refractivity contribution < 1.29 is 9.53 Å². The van der Waals surface area contributed by atoms with Crippen molar-refractivity contribution in [3.05, 3.63) is 60.2 Å². The molecule has 17 aliphatic carbocycles. The summed E-state index contributed by atoms with van der Waals surface area (Å²) in [5.41, 5.74) is 2.67. The van der Waals surface area contributed by atoms with Crippen molar-refractivity contribution in [1.82, 2.24) is 0 Å². The molecule has 31 atom stereocenters. The van der Waals surface area contributed by atoms with E-state index in [1.54, 1.807) is 38.4 Å². The van der Waals surface area contributed by atoms with E-state index in [1.807, 2.05) is 0 Å². The first-order valence-corrected chi connectivity index (χ1v) is 24.2. The maximum atomic E-state index is 12.9. The molecule has 17 aliphatic rings. The number of ether oxygens (including phenoxy) is 1. The number of methoxy groups -OCH3 is 1. The normalized spacial score (nSPS) is 72.8. The summed E-state index contributed by atoms with van der Waals surface area (Å²) in [5.74, 6) is 29.0. The molecular weight excluding hydrogens is 657 g/mol. The Morgan fingerprint density at radius 3 is 1.83 bits per heavy atom. The highest BCUT2D eigenvalue weighted by molar-refractivity contribution is 5.69. The molecule has 2 heteroatoms. The molecule has 31 unspecified atom stereocenters. The number of hydrogen-bond acceptors (Lipinski definition) is 2. The molecular formula is C52H58O2. The van der Waals surface area contributed by atoms with Crippen molar-refractivity contribution in [1.29, 1.82) is 0 Å². The fraction of sp³-hybridized carbons (Fsp3) is 0.788. The van der Waals surface area contributed by atoms with Crippen molar-refractivity contribution in [2.24, 2.45) is 177 Å². The zero-order valence-electron chi connectivity index (χ0n) is 32.0. The smallest absolute Gasteiger partial charge is 0.305 e. The van der Waals surface area contributed by atoms with Gasteiger partial charge in [-0.15, -0.1) is 0 Å². The molecule has 0 aliphatic heterocycles. The lowest BCUT2D eigenvalue weighted by Crippen LogP contribution is -2.61. The van der Waals surface area contributed by atoms with Crippen molar-refractivity contribution in [2.75, 3.05) is 7.11 Å². The predicted molar refractivity (Wildman–Crippen MR) is 203 cm³/mol. The van der Waals surface area contributed by atoms with Gasteiger partial charge in [0, 0.05) is 17.3 Å². The summed E-state index contributed by atoms with van der Waals surface area (Å²) in [5, 5.41) is 0. The van der Waals surface area contributed by atoms with E-state index in [2.05, 4.69) is 54.6 Å². The average Bonchev–Trinajstić information content (AvgIpc) is 3.88. The summed E-state index contributed by atoms with van der Waals surface area (Å²) in [6.45, 7) is 0. The maximum absolute atomic E-state index is 12.9. The molecule has 0 saturated heterocycles. The second-order valence-corrected chi connectivity index (χ2v) is 24.4. The highest BCUT2D eigenvalue weighted by Crippen LogP contribution is 3.04. The summed E-state index contributed by atoms with van der Waals surface area (Å²) < 4.78 is 5.37. The predicted octanol–water partition coefficient (Wildman–Crippen LogP) is 9.18. The molecule has 18 rings (SSSR count). The summed E-state index contributed by atoms with van der Waals surface area (Å²) in [6, 6.07) is 12.4. The highest BCUT2D eigenvalue weighted by Gasteiger charge is 3.02. The molecule has 0 N–H and O–H groups in total. The quantitative estimate of drug-likeness (QED) is 0.225. The van der Waals surface area contributed by atoms with E-state index in [-0.39, 0.29) is 11.4 Å². The first-order chi connectivity index (χ1) is 26.7.